The van der Waals surface area contributed by atoms with Gasteiger partial charge in [0, 0.05) is 23.8 Å². The summed E-state index contributed by atoms with van der Waals surface area (Å²) in [6.07, 6.45) is 4.81. The number of aromatic nitrogens is 4. The van der Waals surface area contributed by atoms with Gasteiger partial charge in [-0.15, -0.1) is 0 Å². The van der Waals surface area contributed by atoms with Crippen molar-refractivity contribution < 1.29 is 9.53 Å². The van der Waals surface area contributed by atoms with E-state index >= 15 is 0 Å². The number of rotatable bonds is 4. The van der Waals surface area contributed by atoms with Crippen molar-refractivity contribution in [1.82, 2.24) is 19.5 Å². The zero-order valence-corrected chi connectivity index (χ0v) is 15.8. The van der Waals surface area contributed by atoms with Gasteiger partial charge in [0.1, 0.15) is 12.7 Å². The third-order valence-corrected chi connectivity index (χ3v) is 5.09. The third-order valence-electron chi connectivity index (χ3n) is 4.83. The smallest absolute Gasteiger partial charge is 0.309 e. The number of hydrogen-bond acceptors (Lipinski definition) is 6. The van der Waals surface area contributed by atoms with E-state index < -0.39 is 0 Å². The monoisotopic (exact) mass is 385 g/mol. The van der Waals surface area contributed by atoms with Crippen molar-refractivity contribution in [1.29, 1.82) is 0 Å². The van der Waals surface area contributed by atoms with Gasteiger partial charge in [0.05, 0.1) is 12.5 Å². The molecule has 140 valence electrons. The van der Waals surface area contributed by atoms with Gasteiger partial charge in [-0.2, -0.15) is 0 Å². The number of fused-ring (bicyclic) bond motifs is 1. The zero-order valence-electron chi connectivity index (χ0n) is 15.0. The quantitative estimate of drug-likeness (QED) is 0.642. The Morgan fingerprint density at radius 1 is 1.19 bits per heavy atom. The van der Waals surface area contributed by atoms with E-state index in [-0.39, 0.29) is 11.9 Å². The van der Waals surface area contributed by atoms with E-state index in [0.717, 1.165) is 48.6 Å². The Kier molecular flexibility index (Phi) is 4.94. The highest BCUT2D eigenvalue weighted by atomic mass is 35.5. The van der Waals surface area contributed by atoms with Crippen molar-refractivity contribution in [3.63, 3.8) is 0 Å². The highest BCUT2D eigenvalue weighted by molar-refractivity contribution is 6.30. The first-order chi connectivity index (χ1) is 13.2. The summed E-state index contributed by atoms with van der Waals surface area (Å²) in [5.41, 5.74) is 2.43. The van der Waals surface area contributed by atoms with E-state index in [4.69, 9.17) is 16.3 Å². The molecule has 0 bridgehead atoms. The first-order valence-electron chi connectivity index (χ1n) is 9.03. The number of nitrogens with zero attached hydrogens (tertiary/aromatic N) is 5. The molecule has 1 aromatic carbocycles. The van der Waals surface area contributed by atoms with Crippen molar-refractivity contribution in [2.24, 2.45) is 5.92 Å². The molecule has 3 heterocycles. The summed E-state index contributed by atoms with van der Waals surface area (Å²) >= 11 is 5.98. The first-order valence-corrected chi connectivity index (χ1v) is 9.40. The van der Waals surface area contributed by atoms with Crippen LogP contribution >= 0.6 is 11.6 Å². The van der Waals surface area contributed by atoms with Crippen LogP contribution < -0.4 is 4.90 Å². The van der Waals surface area contributed by atoms with Gasteiger partial charge in [-0.3, -0.25) is 9.36 Å². The summed E-state index contributed by atoms with van der Waals surface area (Å²) < 4.78 is 7.06. The van der Waals surface area contributed by atoms with Crippen LogP contribution in [0.2, 0.25) is 5.02 Å². The van der Waals surface area contributed by atoms with Crippen molar-refractivity contribution >= 4 is 34.6 Å². The number of esters is 1. The van der Waals surface area contributed by atoms with E-state index in [9.17, 15) is 4.79 Å². The summed E-state index contributed by atoms with van der Waals surface area (Å²) in [5.74, 6) is 0.664. The van der Waals surface area contributed by atoms with Gasteiger partial charge >= 0.3 is 5.97 Å². The molecule has 0 spiro atoms. The van der Waals surface area contributed by atoms with Crippen molar-refractivity contribution in [2.75, 3.05) is 24.6 Å². The topological polar surface area (TPSA) is 73.1 Å². The molecule has 1 aliphatic rings. The minimum Gasteiger partial charge on any atom is -0.466 e. The molecule has 8 heteroatoms. The lowest BCUT2D eigenvalue weighted by atomic mass is 9.97. The predicted octanol–water partition coefficient (Wildman–Crippen LogP) is 3.25. The fourth-order valence-corrected chi connectivity index (χ4v) is 3.56. The minimum atomic E-state index is -0.1000. The molecule has 0 unspecified atom stereocenters. The Balaban J connectivity index is 1.59. The van der Waals surface area contributed by atoms with Gasteiger partial charge in [-0.1, -0.05) is 11.6 Å². The van der Waals surface area contributed by atoms with Gasteiger partial charge in [-0.05, 0) is 44.0 Å². The van der Waals surface area contributed by atoms with Crippen molar-refractivity contribution in [2.45, 2.75) is 19.8 Å². The number of imidazole rings is 1. The Morgan fingerprint density at radius 2 is 1.93 bits per heavy atom. The molecule has 0 radical (unpaired) electrons. The molecule has 1 aliphatic heterocycles. The van der Waals surface area contributed by atoms with Crippen LogP contribution in [0.4, 0.5) is 5.82 Å². The number of halogens is 1. The number of ether oxygens (including phenoxy) is 1. The molecule has 27 heavy (non-hydrogen) atoms. The molecule has 1 saturated heterocycles. The molecule has 0 atom stereocenters. The SMILES string of the molecule is CCOC(=O)C1CCN(c2ncnc3c2ncn3-c2ccc(Cl)cc2)CC1. The number of benzene rings is 1. The normalized spacial score (nSPS) is 15.3. The number of carbonyl (C=O) groups is 1. The van der Waals surface area contributed by atoms with E-state index in [2.05, 4.69) is 19.9 Å². The average Bonchev–Trinajstić information content (AvgIpc) is 3.13. The summed E-state index contributed by atoms with van der Waals surface area (Å²) in [4.78, 5) is 27.5. The fraction of sp³-hybridized carbons (Fsp3) is 0.368. The zero-order chi connectivity index (χ0) is 18.8. The Bertz CT molecular complexity index is 948. The Labute approximate surface area is 162 Å². The van der Waals surface area contributed by atoms with Gasteiger partial charge in [0.15, 0.2) is 17.0 Å². The van der Waals surface area contributed by atoms with Crippen LogP contribution in [0.5, 0.6) is 0 Å². The maximum atomic E-state index is 11.9. The first kappa shape index (κ1) is 17.7. The Hall–Kier alpha value is -2.67. The number of anilines is 1. The van der Waals surface area contributed by atoms with Crippen LogP contribution in [0.25, 0.3) is 16.9 Å². The fourth-order valence-electron chi connectivity index (χ4n) is 3.43. The number of carbonyl (C=O) groups excluding carboxylic acids is 1. The predicted molar refractivity (Wildman–Crippen MR) is 103 cm³/mol. The lowest BCUT2D eigenvalue weighted by Crippen LogP contribution is -2.37. The van der Waals surface area contributed by atoms with Crippen LogP contribution in [0.3, 0.4) is 0 Å². The van der Waals surface area contributed by atoms with Crippen molar-refractivity contribution in [3.8, 4) is 5.69 Å². The molecule has 2 aromatic heterocycles. The second-order valence-corrected chi connectivity index (χ2v) is 6.91. The van der Waals surface area contributed by atoms with E-state index in [0.29, 0.717) is 11.6 Å². The number of hydrogen-bond donors (Lipinski definition) is 0. The molecule has 0 amide bonds. The summed E-state index contributed by atoms with van der Waals surface area (Å²) in [6.45, 7) is 3.74. The van der Waals surface area contributed by atoms with E-state index in [1.165, 1.54) is 0 Å². The molecule has 3 aromatic rings. The lowest BCUT2D eigenvalue weighted by molar-refractivity contribution is -0.148. The van der Waals surface area contributed by atoms with Gasteiger partial charge in [-0.25, -0.2) is 15.0 Å². The van der Waals surface area contributed by atoms with Crippen molar-refractivity contribution in [3.05, 3.63) is 41.9 Å². The average molecular weight is 386 g/mol. The second kappa shape index (κ2) is 7.52. The standard InChI is InChI=1S/C19H20ClN5O2/c1-2-27-19(26)13-7-9-24(10-8-13)17-16-18(22-11-21-17)25(12-23-16)15-5-3-14(20)4-6-15/h3-6,11-13H,2,7-10H2,1H3. The van der Waals surface area contributed by atoms with Crippen LogP contribution in [0.1, 0.15) is 19.8 Å². The van der Waals surface area contributed by atoms with Gasteiger partial charge in [0.25, 0.3) is 0 Å². The Morgan fingerprint density at radius 3 is 2.63 bits per heavy atom. The second-order valence-electron chi connectivity index (χ2n) is 6.47. The highest BCUT2D eigenvalue weighted by Crippen LogP contribution is 2.28. The molecule has 1 fully saturated rings. The molecule has 0 saturated carbocycles. The molecule has 0 aliphatic carbocycles. The maximum Gasteiger partial charge on any atom is 0.309 e. The van der Waals surface area contributed by atoms with E-state index in [1.807, 2.05) is 35.8 Å². The van der Waals surface area contributed by atoms with Gasteiger partial charge < -0.3 is 9.64 Å². The molecule has 4 rings (SSSR count). The van der Waals surface area contributed by atoms with Crippen LogP contribution in [0, 0.1) is 5.92 Å². The van der Waals surface area contributed by atoms with Crippen LogP contribution in [-0.4, -0.2) is 45.2 Å². The summed E-state index contributed by atoms with van der Waals surface area (Å²) in [7, 11) is 0. The minimum absolute atomic E-state index is 0.0369. The molecule has 0 N–H and O–H groups in total. The lowest BCUT2D eigenvalue weighted by Gasteiger charge is -2.31. The maximum absolute atomic E-state index is 11.9. The third kappa shape index (κ3) is 3.47. The summed E-state index contributed by atoms with van der Waals surface area (Å²) in [5, 5.41) is 0.683. The molecular formula is C19H20ClN5O2. The van der Waals surface area contributed by atoms with Crippen LogP contribution in [0.15, 0.2) is 36.9 Å². The highest BCUT2D eigenvalue weighted by Gasteiger charge is 2.28. The largest absolute Gasteiger partial charge is 0.466 e. The molecular weight excluding hydrogens is 366 g/mol. The van der Waals surface area contributed by atoms with Crippen LogP contribution in [-0.2, 0) is 9.53 Å². The summed E-state index contributed by atoms with van der Waals surface area (Å²) in [6, 6.07) is 7.53. The molecule has 7 nitrogen and oxygen atoms in total. The van der Waals surface area contributed by atoms with E-state index in [1.54, 1.807) is 12.7 Å². The number of piperidine rings is 1. The van der Waals surface area contributed by atoms with Gasteiger partial charge in [0.2, 0.25) is 0 Å².